The molecule has 0 spiro atoms. The molecule has 1 aromatic heterocycles. The molecule has 3 N–H and O–H groups in total. The Kier molecular flexibility index (Phi) is 2.02. The number of hydrogen-bond acceptors (Lipinski definition) is 3. The van der Waals surface area contributed by atoms with Crippen molar-refractivity contribution in [2.24, 2.45) is 5.73 Å². The highest BCUT2D eigenvalue weighted by Crippen LogP contribution is 2.22. The van der Waals surface area contributed by atoms with Crippen LogP contribution in [0.25, 0.3) is 0 Å². The van der Waals surface area contributed by atoms with Gasteiger partial charge in [-0.05, 0) is 19.9 Å². The average Bonchev–Trinajstić information content (AvgIpc) is 2.31. The molecule has 1 aromatic rings. The monoisotopic (exact) mass is 155 g/mol. The molecule has 0 saturated carbocycles. The molecular weight excluding hydrogens is 142 g/mol. The largest absolute Gasteiger partial charge is 0.467 e. The van der Waals surface area contributed by atoms with Gasteiger partial charge in [0.1, 0.15) is 12.4 Å². The summed E-state index contributed by atoms with van der Waals surface area (Å²) >= 11 is 0. The number of aliphatic hydroxyl groups excluding tert-OH is 1. The van der Waals surface area contributed by atoms with Gasteiger partial charge in [-0.15, -0.1) is 0 Å². The molecule has 0 saturated heterocycles. The molecule has 0 aromatic carbocycles. The van der Waals surface area contributed by atoms with Gasteiger partial charge >= 0.3 is 0 Å². The standard InChI is InChI=1S/C8H13NO2/c1-8(2,9)6-3-4-11-7(6)5-10/h3-4,10H,5,9H2,1-2H3. The van der Waals surface area contributed by atoms with Crippen LogP contribution in [0.3, 0.4) is 0 Å². The summed E-state index contributed by atoms with van der Waals surface area (Å²) < 4.78 is 5.01. The predicted octanol–water partition coefficient (Wildman–Crippen LogP) is 0.966. The number of hydrogen-bond donors (Lipinski definition) is 2. The summed E-state index contributed by atoms with van der Waals surface area (Å²) in [5.41, 5.74) is 6.23. The molecule has 3 nitrogen and oxygen atoms in total. The Morgan fingerprint density at radius 2 is 2.27 bits per heavy atom. The maximum Gasteiger partial charge on any atom is 0.134 e. The van der Waals surface area contributed by atoms with Crippen molar-refractivity contribution >= 4 is 0 Å². The van der Waals surface area contributed by atoms with Crippen LogP contribution >= 0.6 is 0 Å². The molecule has 0 atom stereocenters. The van der Waals surface area contributed by atoms with Crippen molar-refractivity contribution in [1.82, 2.24) is 0 Å². The van der Waals surface area contributed by atoms with Crippen molar-refractivity contribution in [2.75, 3.05) is 0 Å². The molecule has 0 bridgehead atoms. The number of nitrogens with two attached hydrogens (primary N) is 1. The molecule has 11 heavy (non-hydrogen) atoms. The van der Waals surface area contributed by atoms with Gasteiger partial charge in [-0.2, -0.15) is 0 Å². The Bertz CT molecular complexity index is 234. The quantitative estimate of drug-likeness (QED) is 0.669. The van der Waals surface area contributed by atoms with Crippen molar-refractivity contribution in [3.8, 4) is 0 Å². The Morgan fingerprint density at radius 3 is 2.64 bits per heavy atom. The molecule has 0 amide bonds. The molecule has 1 rings (SSSR count). The van der Waals surface area contributed by atoms with Crippen LogP contribution < -0.4 is 5.73 Å². The smallest absolute Gasteiger partial charge is 0.134 e. The first kappa shape index (κ1) is 8.30. The summed E-state index contributed by atoms with van der Waals surface area (Å²) in [6.07, 6.45) is 1.54. The van der Waals surface area contributed by atoms with Crippen LogP contribution in [0.2, 0.25) is 0 Å². The molecule has 0 fully saturated rings. The van der Waals surface area contributed by atoms with Crippen molar-refractivity contribution in [1.29, 1.82) is 0 Å². The van der Waals surface area contributed by atoms with Gasteiger partial charge in [-0.1, -0.05) is 0 Å². The molecule has 3 heteroatoms. The fraction of sp³-hybridized carbons (Fsp3) is 0.500. The van der Waals surface area contributed by atoms with E-state index in [0.717, 1.165) is 5.56 Å². The van der Waals surface area contributed by atoms with E-state index in [1.807, 2.05) is 13.8 Å². The highest BCUT2D eigenvalue weighted by molar-refractivity contribution is 5.23. The highest BCUT2D eigenvalue weighted by atomic mass is 16.4. The first-order valence-electron chi connectivity index (χ1n) is 3.52. The lowest BCUT2D eigenvalue weighted by Gasteiger charge is -2.17. The molecule has 1 heterocycles. The Hall–Kier alpha value is -0.800. The second-order valence-corrected chi connectivity index (χ2v) is 3.14. The predicted molar refractivity (Wildman–Crippen MR) is 41.8 cm³/mol. The van der Waals surface area contributed by atoms with Crippen molar-refractivity contribution in [3.05, 3.63) is 23.7 Å². The van der Waals surface area contributed by atoms with Gasteiger partial charge in [-0.3, -0.25) is 0 Å². The zero-order valence-corrected chi connectivity index (χ0v) is 6.79. The summed E-state index contributed by atoms with van der Waals surface area (Å²) in [6.45, 7) is 3.65. The van der Waals surface area contributed by atoms with Crippen LogP contribution in [0.1, 0.15) is 25.2 Å². The summed E-state index contributed by atoms with van der Waals surface area (Å²) in [6, 6.07) is 1.78. The van der Waals surface area contributed by atoms with Crippen molar-refractivity contribution < 1.29 is 9.52 Å². The van der Waals surface area contributed by atoms with Gasteiger partial charge in [0, 0.05) is 11.1 Å². The number of rotatable bonds is 2. The first-order chi connectivity index (χ1) is 5.05. The first-order valence-corrected chi connectivity index (χ1v) is 3.52. The lowest BCUT2D eigenvalue weighted by atomic mass is 9.96. The zero-order valence-electron chi connectivity index (χ0n) is 6.79. The van der Waals surface area contributed by atoms with E-state index in [1.54, 1.807) is 6.07 Å². The van der Waals surface area contributed by atoms with E-state index in [-0.39, 0.29) is 6.61 Å². The molecule has 0 aliphatic rings. The van der Waals surface area contributed by atoms with Crippen LogP contribution in [-0.2, 0) is 12.1 Å². The van der Waals surface area contributed by atoms with Crippen molar-refractivity contribution in [2.45, 2.75) is 26.0 Å². The summed E-state index contributed by atoms with van der Waals surface area (Å²) in [4.78, 5) is 0. The minimum atomic E-state index is -0.439. The van der Waals surface area contributed by atoms with E-state index >= 15 is 0 Å². The maximum absolute atomic E-state index is 8.82. The maximum atomic E-state index is 8.82. The van der Waals surface area contributed by atoms with E-state index in [2.05, 4.69) is 0 Å². The van der Waals surface area contributed by atoms with E-state index < -0.39 is 5.54 Å². The Morgan fingerprint density at radius 1 is 1.64 bits per heavy atom. The van der Waals surface area contributed by atoms with Gasteiger partial charge in [-0.25, -0.2) is 0 Å². The molecular formula is C8H13NO2. The minimum absolute atomic E-state index is 0.0943. The molecule has 0 aliphatic heterocycles. The second-order valence-electron chi connectivity index (χ2n) is 3.14. The lowest BCUT2D eigenvalue weighted by Crippen LogP contribution is -2.29. The van der Waals surface area contributed by atoms with Crippen molar-refractivity contribution in [3.63, 3.8) is 0 Å². The normalized spacial score (nSPS) is 12.0. The molecule has 0 radical (unpaired) electrons. The van der Waals surface area contributed by atoms with E-state index in [1.165, 1.54) is 6.26 Å². The molecule has 62 valence electrons. The highest BCUT2D eigenvalue weighted by Gasteiger charge is 2.19. The summed E-state index contributed by atoms with van der Waals surface area (Å²) in [5, 5.41) is 8.82. The molecule has 0 aliphatic carbocycles. The minimum Gasteiger partial charge on any atom is -0.467 e. The number of furan rings is 1. The van der Waals surface area contributed by atoms with Gasteiger partial charge in [0.25, 0.3) is 0 Å². The van der Waals surface area contributed by atoms with Crippen LogP contribution in [0, 0.1) is 0 Å². The van der Waals surface area contributed by atoms with Gasteiger partial charge in [0.15, 0.2) is 0 Å². The van der Waals surface area contributed by atoms with Crippen LogP contribution in [-0.4, -0.2) is 5.11 Å². The van der Waals surface area contributed by atoms with Crippen LogP contribution in [0.5, 0.6) is 0 Å². The zero-order chi connectivity index (χ0) is 8.48. The Balaban J connectivity index is 3.02. The van der Waals surface area contributed by atoms with Crippen LogP contribution in [0.15, 0.2) is 16.7 Å². The second kappa shape index (κ2) is 2.68. The third-order valence-corrected chi connectivity index (χ3v) is 1.58. The number of aliphatic hydroxyl groups is 1. The van der Waals surface area contributed by atoms with E-state index in [4.69, 9.17) is 15.3 Å². The summed E-state index contributed by atoms with van der Waals surface area (Å²) in [5.74, 6) is 0.553. The SMILES string of the molecule is CC(C)(N)c1ccoc1CO. The third kappa shape index (κ3) is 1.61. The fourth-order valence-electron chi connectivity index (χ4n) is 1.04. The average molecular weight is 155 g/mol. The topological polar surface area (TPSA) is 59.4 Å². The third-order valence-electron chi connectivity index (χ3n) is 1.58. The van der Waals surface area contributed by atoms with Crippen LogP contribution in [0.4, 0.5) is 0 Å². The van der Waals surface area contributed by atoms with Gasteiger partial charge in [0.05, 0.1) is 6.26 Å². The van der Waals surface area contributed by atoms with E-state index in [0.29, 0.717) is 5.76 Å². The van der Waals surface area contributed by atoms with E-state index in [9.17, 15) is 0 Å². The van der Waals surface area contributed by atoms with Gasteiger partial charge < -0.3 is 15.3 Å². The summed E-state index contributed by atoms with van der Waals surface area (Å²) in [7, 11) is 0. The Labute approximate surface area is 65.8 Å². The lowest BCUT2D eigenvalue weighted by molar-refractivity contribution is 0.242. The molecule has 0 unspecified atom stereocenters. The fourth-order valence-corrected chi connectivity index (χ4v) is 1.04. The van der Waals surface area contributed by atoms with Gasteiger partial charge in [0.2, 0.25) is 0 Å².